The van der Waals surface area contributed by atoms with Crippen molar-refractivity contribution in [3.05, 3.63) is 58.4 Å². The molecule has 2 aromatic heterocycles. The van der Waals surface area contributed by atoms with Gasteiger partial charge in [-0.3, -0.25) is 19.7 Å². The number of ether oxygens (including phenoxy) is 1. The van der Waals surface area contributed by atoms with Gasteiger partial charge in [0, 0.05) is 31.1 Å². The highest BCUT2D eigenvalue weighted by Crippen LogP contribution is 2.39. The SMILES string of the molecule is COCCn1c(Sc2ccc(C(F)(F)F)cc2[N+](=O)[O-])nnc1-c1ccncc1. The molecule has 0 saturated carbocycles. The van der Waals surface area contributed by atoms with E-state index in [1.54, 1.807) is 29.1 Å². The number of nitrogens with zero attached hydrogens (tertiary/aromatic N) is 5. The van der Waals surface area contributed by atoms with E-state index >= 15 is 0 Å². The molecule has 2 heterocycles. The van der Waals surface area contributed by atoms with Gasteiger partial charge in [-0.05, 0) is 36.0 Å². The average molecular weight is 425 g/mol. The monoisotopic (exact) mass is 425 g/mol. The highest BCUT2D eigenvalue weighted by atomic mass is 32.2. The highest BCUT2D eigenvalue weighted by molar-refractivity contribution is 7.99. The van der Waals surface area contributed by atoms with Crippen LogP contribution in [0.3, 0.4) is 0 Å². The first-order valence-electron chi connectivity index (χ1n) is 8.17. The number of rotatable bonds is 7. The molecule has 29 heavy (non-hydrogen) atoms. The van der Waals surface area contributed by atoms with E-state index in [9.17, 15) is 23.3 Å². The third-order valence-electron chi connectivity index (χ3n) is 3.86. The molecule has 0 aliphatic heterocycles. The molecule has 3 rings (SSSR count). The predicted octanol–water partition coefficient (Wildman–Crippen LogP) is 4.06. The van der Waals surface area contributed by atoms with E-state index in [1.165, 1.54) is 7.11 Å². The standard InChI is InChI=1S/C17H14F3N5O3S/c1-28-9-8-24-15(11-4-6-21-7-5-11)22-23-16(24)29-14-3-2-12(17(18,19)20)10-13(14)25(26)27/h2-7,10H,8-9H2,1H3. The zero-order valence-electron chi connectivity index (χ0n) is 15.0. The molecular formula is C17H14F3N5O3S. The number of hydrogen-bond donors (Lipinski definition) is 0. The van der Waals surface area contributed by atoms with Gasteiger partial charge in [0.05, 0.1) is 28.5 Å². The first kappa shape index (κ1) is 20.7. The Balaban J connectivity index is 2.02. The van der Waals surface area contributed by atoms with E-state index in [-0.39, 0.29) is 10.1 Å². The van der Waals surface area contributed by atoms with Crippen molar-refractivity contribution in [1.29, 1.82) is 0 Å². The van der Waals surface area contributed by atoms with Crippen LogP contribution >= 0.6 is 11.8 Å². The summed E-state index contributed by atoms with van der Waals surface area (Å²) in [6.07, 6.45) is -1.52. The van der Waals surface area contributed by atoms with Crippen molar-refractivity contribution < 1.29 is 22.8 Å². The molecule has 0 radical (unpaired) electrons. The van der Waals surface area contributed by atoms with Crippen LogP contribution in [-0.4, -0.2) is 38.4 Å². The fourth-order valence-electron chi connectivity index (χ4n) is 2.48. The largest absolute Gasteiger partial charge is 0.416 e. The first-order chi connectivity index (χ1) is 13.8. The van der Waals surface area contributed by atoms with E-state index in [0.29, 0.717) is 25.0 Å². The molecule has 8 nitrogen and oxygen atoms in total. The van der Waals surface area contributed by atoms with Crippen LogP contribution < -0.4 is 0 Å². The van der Waals surface area contributed by atoms with Crippen LogP contribution in [0.1, 0.15) is 5.56 Å². The molecule has 0 spiro atoms. The Morgan fingerprint density at radius 2 is 1.93 bits per heavy atom. The molecule has 152 valence electrons. The van der Waals surface area contributed by atoms with Crippen LogP contribution in [0.2, 0.25) is 0 Å². The zero-order chi connectivity index (χ0) is 21.0. The number of benzene rings is 1. The molecule has 0 bridgehead atoms. The number of pyridine rings is 1. The second kappa shape index (κ2) is 8.57. The van der Waals surface area contributed by atoms with Gasteiger partial charge in [-0.1, -0.05) is 0 Å². The summed E-state index contributed by atoms with van der Waals surface area (Å²) >= 11 is 0.864. The van der Waals surface area contributed by atoms with Crippen molar-refractivity contribution in [2.75, 3.05) is 13.7 Å². The van der Waals surface area contributed by atoms with E-state index < -0.39 is 22.4 Å². The summed E-state index contributed by atoms with van der Waals surface area (Å²) in [5.74, 6) is 0.488. The quantitative estimate of drug-likeness (QED) is 0.416. The maximum atomic E-state index is 12.9. The number of hydrogen-bond acceptors (Lipinski definition) is 7. The lowest BCUT2D eigenvalue weighted by atomic mass is 10.2. The lowest BCUT2D eigenvalue weighted by Gasteiger charge is -2.11. The Bertz CT molecular complexity index is 1010. The summed E-state index contributed by atoms with van der Waals surface area (Å²) in [5, 5.41) is 19.8. The molecule has 12 heteroatoms. The Morgan fingerprint density at radius 3 is 2.55 bits per heavy atom. The number of nitro groups is 1. The predicted molar refractivity (Wildman–Crippen MR) is 97.4 cm³/mol. The smallest absolute Gasteiger partial charge is 0.383 e. The van der Waals surface area contributed by atoms with Crippen molar-refractivity contribution in [3.63, 3.8) is 0 Å². The van der Waals surface area contributed by atoms with E-state index in [1.807, 2.05) is 0 Å². The van der Waals surface area contributed by atoms with Crippen LogP contribution in [0.4, 0.5) is 18.9 Å². The van der Waals surface area contributed by atoms with Crippen molar-refractivity contribution in [3.8, 4) is 11.4 Å². The summed E-state index contributed by atoms with van der Waals surface area (Å²) in [5.41, 5.74) is -1.03. The van der Waals surface area contributed by atoms with Crippen molar-refractivity contribution >= 4 is 17.4 Å². The van der Waals surface area contributed by atoms with Gasteiger partial charge in [0.25, 0.3) is 5.69 Å². The summed E-state index contributed by atoms with van der Waals surface area (Å²) < 4.78 is 45.5. The Kier molecular flexibility index (Phi) is 6.13. The number of alkyl halides is 3. The van der Waals surface area contributed by atoms with Gasteiger partial charge < -0.3 is 4.74 Å². The summed E-state index contributed by atoms with van der Waals surface area (Å²) in [4.78, 5) is 14.4. The lowest BCUT2D eigenvalue weighted by molar-refractivity contribution is -0.388. The molecule has 0 atom stereocenters. The molecule has 1 aromatic carbocycles. The third kappa shape index (κ3) is 4.71. The molecule has 0 aliphatic rings. The van der Waals surface area contributed by atoms with Gasteiger partial charge in [-0.2, -0.15) is 13.2 Å². The molecule has 0 amide bonds. The number of halogens is 3. The highest BCUT2D eigenvalue weighted by Gasteiger charge is 2.33. The Labute approximate surface area is 166 Å². The Morgan fingerprint density at radius 1 is 1.21 bits per heavy atom. The maximum Gasteiger partial charge on any atom is 0.416 e. The number of methoxy groups -OCH3 is 1. The molecule has 0 aliphatic carbocycles. The second-order valence-electron chi connectivity index (χ2n) is 5.73. The minimum absolute atomic E-state index is 0.0235. The van der Waals surface area contributed by atoms with Crippen LogP contribution in [0.15, 0.2) is 52.8 Å². The second-order valence-corrected chi connectivity index (χ2v) is 6.74. The van der Waals surface area contributed by atoms with Crippen molar-refractivity contribution in [1.82, 2.24) is 19.7 Å². The minimum Gasteiger partial charge on any atom is -0.383 e. The van der Waals surface area contributed by atoms with E-state index in [0.717, 1.165) is 29.5 Å². The molecule has 0 fully saturated rings. The zero-order valence-corrected chi connectivity index (χ0v) is 15.8. The first-order valence-corrected chi connectivity index (χ1v) is 8.99. The van der Waals surface area contributed by atoms with Crippen LogP contribution in [-0.2, 0) is 17.5 Å². The third-order valence-corrected chi connectivity index (χ3v) is 4.91. The topological polar surface area (TPSA) is 96.0 Å². The van der Waals surface area contributed by atoms with Gasteiger partial charge >= 0.3 is 6.18 Å². The average Bonchev–Trinajstić information content (AvgIpc) is 3.08. The van der Waals surface area contributed by atoms with Crippen LogP contribution in [0, 0.1) is 10.1 Å². The lowest BCUT2D eigenvalue weighted by Crippen LogP contribution is -2.08. The van der Waals surface area contributed by atoms with Gasteiger partial charge in [-0.25, -0.2) is 0 Å². The number of nitro benzene ring substituents is 1. The summed E-state index contributed by atoms with van der Waals surface area (Å²) in [7, 11) is 1.52. The van der Waals surface area contributed by atoms with Crippen LogP contribution in [0.25, 0.3) is 11.4 Å². The maximum absolute atomic E-state index is 12.9. The minimum atomic E-state index is -4.68. The van der Waals surface area contributed by atoms with E-state index in [4.69, 9.17) is 4.74 Å². The molecule has 0 saturated heterocycles. The molecule has 3 aromatic rings. The van der Waals surface area contributed by atoms with Gasteiger partial charge in [0.1, 0.15) is 0 Å². The van der Waals surface area contributed by atoms with Gasteiger partial charge in [0.2, 0.25) is 0 Å². The fourth-order valence-corrected chi connectivity index (χ4v) is 3.42. The van der Waals surface area contributed by atoms with E-state index in [2.05, 4.69) is 15.2 Å². The molecule has 0 unspecified atom stereocenters. The van der Waals surface area contributed by atoms with Gasteiger partial charge in [0.15, 0.2) is 11.0 Å². The summed E-state index contributed by atoms with van der Waals surface area (Å²) in [6.45, 7) is 0.663. The van der Waals surface area contributed by atoms with Crippen molar-refractivity contribution in [2.24, 2.45) is 0 Å². The molecular weight excluding hydrogens is 411 g/mol. The fraction of sp³-hybridized carbons (Fsp3) is 0.235. The van der Waals surface area contributed by atoms with Crippen molar-refractivity contribution in [2.45, 2.75) is 22.8 Å². The van der Waals surface area contributed by atoms with Crippen LogP contribution in [0.5, 0.6) is 0 Å². The molecule has 0 N–H and O–H groups in total. The number of aromatic nitrogens is 4. The summed E-state index contributed by atoms with van der Waals surface area (Å²) in [6, 6.07) is 5.83. The normalized spacial score (nSPS) is 11.6. The van der Waals surface area contributed by atoms with Gasteiger partial charge in [-0.15, -0.1) is 10.2 Å². The Hall–Kier alpha value is -2.99.